The van der Waals surface area contributed by atoms with Crippen LogP contribution in [0.5, 0.6) is 0 Å². The Labute approximate surface area is 112 Å². The van der Waals surface area contributed by atoms with Gasteiger partial charge in [0.2, 0.25) is 5.91 Å². The molecule has 100 valence electrons. The number of amides is 1. The summed E-state index contributed by atoms with van der Waals surface area (Å²) in [7, 11) is 1.69. The number of hydrogen-bond acceptors (Lipinski definition) is 3. The summed E-state index contributed by atoms with van der Waals surface area (Å²) in [5.74, 6) is 0.214. The normalized spacial score (nSPS) is 20.9. The van der Waals surface area contributed by atoms with Gasteiger partial charge in [-0.25, -0.2) is 0 Å². The van der Waals surface area contributed by atoms with E-state index in [-0.39, 0.29) is 11.8 Å². The number of carbonyl (C=O) groups excluding carboxylic acids is 1. The molecule has 1 aromatic heterocycles. The van der Waals surface area contributed by atoms with Gasteiger partial charge in [-0.2, -0.15) is 5.10 Å². The maximum atomic E-state index is 11.7. The van der Waals surface area contributed by atoms with Gasteiger partial charge >= 0.3 is 0 Å². The van der Waals surface area contributed by atoms with E-state index in [1.165, 1.54) is 0 Å². The van der Waals surface area contributed by atoms with Crippen LogP contribution in [0.15, 0.2) is 0 Å². The Kier molecular flexibility index (Phi) is 4.24. The third-order valence-corrected chi connectivity index (χ3v) is 3.94. The molecule has 2 N–H and O–H groups in total. The zero-order valence-electron chi connectivity index (χ0n) is 10.8. The van der Waals surface area contributed by atoms with Crippen LogP contribution < -0.4 is 5.32 Å². The molecular weight excluding hydrogens is 252 g/mol. The summed E-state index contributed by atoms with van der Waals surface area (Å²) in [6.45, 7) is 4.39. The molecule has 1 aromatic rings. The molecule has 0 aromatic carbocycles. The van der Waals surface area contributed by atoms with E-state index >= 15 is 0 Å². The molecule has 1 saturated heterocycles. The summed E-state index contributed by atoms with van der Waals surface area (Å²) < 4.78 is 0. The number of hydrogen-bond donors (Lipinski definition) is 2. The first-order valence-corrected chi connectivity index (χ1v) is 6.63. The summed E-state index contributed by atoms with van der Waals surface area (Å²) in [6.07, 6.45) is 2.00. The minimum absolute atomic E-state index is 0.0857. The number of halogens is 1. The molecule has 2 rings (SSSR count). The van der Waals surface area contributed by atoms with E-state index in [4.69, 9.17) is 11.6 Å². The van der Waals surface area contributed by atoms with Crippen LogP contribution in [-0.2, 0) is 11.3 Å². The largest absolute Gasteiger partial charge is 0.359 e. The van der Waals surface area contributed by atoms with E-state index < -0.39 is 0 Å². The number of carbonyl (C=O) groups is 1. The first kappa shape index (κ1) is 13.4. The SMILES string of the molecule is CNC(=O)[C@@H]1CCCN(Cc2n[nH]c(C)c2Cl)C1. The maximum Gasteiger partial charge on any atom is 0.224 e. The van der Waals surface area contributed by atoms with E-state index in [2.05, 4.69) is 20.4 Å². The molecule has 6 heteroatoms. The lowest BCUT2D eigenvalue weighted by Crippen LogP contribution is -2.41. The third kappa shape index (κ3) is 2.84. The van der Waals surface area contributed by atoms with Crippen molar-refractivity contribution in [3.8, 4) is 0 Å². The minimum Gasteiger partial charge on any atom is -0.359 e. The predicted octanol–water partition coefficient (Wildman–Crippen LogP) is 1.33. The van der Waals surface area contributed by atoms with E-state index in [9.17, 15) is 4.79 Å². The lowest BCUT2D eigenvalue weighted by molar-refractivity contribution is -0.126. The van der Waals surface area contributed by atoms with Crippen molar-refractivity contribution in [3.63, 3.8) is 0 Å². The quantitative estimate of drug-likeness (QED) is 0.871. The Morgan fingerprint density at radius 3 is 3.06 bits per heavy atom. The van der Waals surface area contributed by atoms with Crippen LogP contribution in [0.4, 0.5) is 0 Å². The zero-order chi connectivity index (χ0) is 13.1. The smallest absolute Gasteiger partial charge is 0.224 e. The maximum absolute atomic E-state index is 11.7. The van der Waals surface area contributed by atoms with Gasteiger partial charge in [-0.3, -0.25) is 14.8 Å². The van der Waals surface area contributed by atoms with Gasteiger partial charge in [0, 0.05) is 20.1 Å². The van der Waals surface area contributed by atoms with Crippen LogP contribution in [0.3, 0.4) is 0 Å². The van der Waals surface area contributed by atoms with Crippen molar-refractivity contribution in [2.45, 2.75) is 26.3 Å². The van der Waals surface area contributed by atoms with Crippen LogP contribution >= 0.6 is 11.6 Å². The highest BCUT2D eigenvalue weighted by Crippen LogP contribution is 2.22. The van der Waals surface area contributed by atoms with Gasteiger partial charge in [0.05, 0.1) is 22.3 Å². The van der Waals surface area contributed by atoms with Crippen molar-refractivity contribution in [3.05, 3.63) is 16.4 Å². The number of aryl methyl sites for hydroxylation is 1. The fourth-order valence-electron chi connectivity index (χ4n) is 2.40. The summed E-state index contributed by atoms with van der Waals surface area (Å²) in [5, 5.41) is 10.5. The zero-order valence-corrected chi connectivity index (χ0v) is 11.5. The van der Waals surface area contributed by atoms with E-state index in [1.54, 1.807) is 7.05 Å². The minimum atomic E-state index is 0.0857. The molecule has 0 aliphatic carbocycles. The molecule has 1 fully saturated rings. The van der Waals surface area contributed by atoms with Crippen LogP contribution in [0, 0.1) is 12.8 Å². The Morgan fingerprint density at radius 2 is 2.44 bits per heavy atom. The molecule has 18 heavy (non-hydrogen) atoms. The average molecular weight is 271 g/mol. The molecule has 0 spiro atoms. The van der Waals surface area contributed by atoms with E-state index in [0.717, 1.165) is 37.3 Å². The topological polar surface area (TPSA) is 61.0 Å². The van der Waals surface area contributed by atoms with Crippen molar-refractivity contribution in [2.75, 3.05) is 20.1 Å². The highest BCUT2D eigenvalue weighted by Gasteiger charge is 2.25. The highest BCUT2D eigenvalue weighted by molar-refractivity contribution is 6.31. The molecule has 2 heterocycles. The Balaban J connectivity index is 1.97. The molecule has 5 nitrogen and oxygen atoms in total. The van der Waals surface area contributed by atoms with Crippen molar-refractivity contribution in [2.24, 2.45) is 5.92 Å². The van der Waals surface area contributed by atoms with Gasteiger partial charge in [0.15, 0.2) is 0 Å². The van der Waals surface area contributed by atoms with Gasteiger partial charge in [0.25, 0.3) is 0 Å². The fraction of sp³-hybridized carbons (Fsp3) is 0.667. The number of aromatic amines is 1. The number of H-pyrrole nitrogens is 1. The summed E-state index contributed by atoms with van der Waals surface area (Å²) >= 11 is 6.15. The van der Waals surface area contributed by atoms with Gasteiger partial charge in [-0.05, 0) is 26.3 Å². The number of likely N-dealkylation sites (tertiary alicyclic amines) is 1. The van der Waals surface area contributed by atoms with Crippen LogP contribution in [0.25, 0.3) is 0 Å². The molecule has 1 aliphatic rings. The number of nitrogens with zero attached hydrogens (tertiary/aromatic N) is 2. The van der Waals surface area contributed by atoms with Gasteiger partial charge in [0.1, 0.15) is 0 Å². The molecule has 0 saturated carbocycles. The van der Waals surface area contributed by atoms with Crippen molar-refractivity contribution >= 4 is 17.5 Å². The average Bonchev–Trinajstić information content (AvgIpc) is 2.70. The number of piperidine rings is 1. The number of nitrogens with one attached hydrogen (secondary N) is 2. The number of rotatable bonds is 3. The van der Waals surface area contributed by atoms with Crippen LogP contribution in [-0.4, -0.2) is 41.1 Å². The van der Waals surface area contributed by atoms with E-state index in [1.807, 2.05) is 6.92 Å². The number of aromatic nitrogens is 2. The lowest BCUT2D eigenvalue weighted by Gasteiger charge is -2.31. The summed E-state index contributed by atoms with van der Waals surface area (Å²) in [6, 6.07) is 0. The van der Waals surface area contributed by atoms with Crippen LogP contribution in [0.2, 0.25) is 5.02 Å². The summed E-state index contributed by atoms with van der Waals surface area (Å²) in [5.41, 5.74) is 1.76. The first-order valence-electron chi connectivity index (χ1n) is 6.25. The molecule has 0 bridgehead atoms. The van der Waals surface area contributed by atoms with Gasteiger partial charge in [-0.15, -0.1) is 0 Å². The van der Waals surface area contributed by atoms with Gasteiger partial charge in [-0.1, -0.05) is 11.6 Å². The first-order chi connectivity index (χ1) is 8.61. The van der Waals surface area contributed by atoms with Crippen molar-refractivity contribution in [1.29, 1.82) is 0 Å². The molecule has 0 unspecified atom stereocenters. The second-order valence-corrected chi connectivity index (χ2v) is 5.18. The van der Waals surface area contributed by atoms with Gasteiger partial charge < -0.3 is 5.32 Å². The predicted molar refractivity (Wildman–Crippen MR) is 70.4 cm³/mol. The lowest BCUT2D eigenvalue weighted by atomic mass is 9.97. The Hall–Kier alpha value is -1.07. The molecule has 1 amide bonds. The Bertz CT molecular complexity index is 432. The van der Waals surface area contributed by atoms with Crippen molar-refractivity contribution < 1.29 is 4.79 Å². The molecule has 1 aliphatic heterocycles. The summed E-state index contributed by atoms with van der Waals surface area (Å²) in [4.78, 5) is 13.9. The molecular formula is C12H19ClN4O. The van der Waals surface area contributed by atoms with Crippen LogP contribution in [0.1, 0.15) is 24.2 Å². The van der Waals surface area contributed by atoms with Crippen molar-refractivity contribution in [1.82, 2.24) is 20.4 Å². The Morgan fingerprint density at radius 1 is 1.67 bits per heavy atom. The third-order valence-electron chi connectivity index (χ3n) is 3.44. The fourth-order valence-corrected chi connectivity index (χ4v) is 2.54. The second kappa shape index (κ2) is 5.71. The molecule has 1 atom stereocenters. The van der Waals surface area contributed by atoms with E-state index in [0.29, 0.717) is 11.6 Å². The highest BCUT2D eigenvalue weighted by atomic mass is 35.5. The standard InChI is InChI=1S/C12H19ClN4O/c1-8-11(13)10(16-15-8)7-17-5-3-4-9(6-17)12(18)14-2/h9H,3-7H2,1-2H3,(H,14,18)(H,15,16)/t9-/m1/s1. The molecule has 0 radical (unpaired) electrons. The monoisotopic (exact) mass is 270 g/mol. The second-order valence-electron chi connectivity index (χ2n) is 4.80.